The van der Waals surface area contributed by atoms with Gasteiger partial charge in [-0.3, -0.25) is 5.32 Å². The third kappa shape index (κ3) is 3.78. The van der Waals surface area contributed by atoms with Gasteiger partial charge in [0.05, 0.1) is 7.11 Å². The van der Waals surface area contributed by atoms with Gasteiger partial charge in [-0.05, 0) is 65.7 Å². The summed E-state index contributed by atoms with van der Waals surface area (Å²) in [6.45, 7) is 9.58. The zero-order valence-electron chi connectivity index (χ0n) is 14.9. The van der Waals surface area contributed by atoms with E-state index in [1.807, 2.05) is 52.8 Å². The Morgan fingerprint density at radius 3 is 2.26 bits per heavy atom. The van der Waals surface area contributed by atoms with E-state index in [9.17, 15) is 4.79 Å². The van der Waals surface area contributed by atoms with E-state index in [1.54, 1.807) is 7.11 Å². The molecule has 1 aromatic carbocycles. The number of ether oxygens (including phenoxy) is 2. The predicted octanol–water partition coefficient (Wildman–Crippen LogP) is 3.81. The number of benzene rings is 1. The lowest BCUT2D eigenvalue weighted by molar-refractivity contribution is 0.0636. The highest BCUT2D eigenvalue weighted by molar-refractivity contribution is 5.85. The SMILES string of the molecule is COc1ccc(NC(=O)OC(C)(C)C)cc1C1(C(C)(C)N)CC1. The fraction of sp³-hybridized carbons (Fsp3) is 0.611. The minimum atomic E-state index is -0.531. The molecule has 0 saturated heterocycles. The number of methoxy groups -OCH3 is 1. The summed E-state index contributed by atoms with van der Waals surface area (Å²) in [5, 5.41) is 2.78. The average Bonchev–Trinajstić information content (AvgIpc) is 3.16. The number of hydrogen-bond donors (Lipinski definition) is 2. The van der Waals surface area contributed by atoms with E-state index in [0.717, 1.165) is 24.2 Å². The third-order valence-corrected chi connectivity index (χ3v) is 4.34. The molecule has 0 aliphatic heterocycles. The van der Waals surface area contributed by atoms with Crippen molar-refractivity contribution in [1.82, 2.24) is 0 Å². The van der Waals surface area contributed by atoms with Gasteiger partial charge in [0.2, 0.25) is 0 Å². The Labute approximate surface area is 138 Å². The second-order valence-corrected chi connectivity index (χ2v) is 7.85. The van der Waals surface area contributed by atoms with Crippen LogP contribution in [-0.4, -0.2) is 24.3 Å². The van der Waals surface area contributed by atoms with Crippen LogP contribution in [0.5, 0.6) is 5.75 Å². The number of carbonyl (C=O) groups is 1. The summed E-state index contributed by atoms with van der Waals surface area (Å²) in [6.07, 6.45) is 1.57. The van der Waals surface area contributed by atoms with Crippen molar-refractivity contribution in [3.8, 4) is 5.75 Å². The van der Waals surface area contributed by atoms with E-state index in [0.29, 0.717) is 5.69 Å². The Morgan fingerprint density at radius 2 is 1.83 bits per heavy atom. The Hall–Kier alpha value is -1.75. The van der Waals surface area contributed by atoms with E-state index < -0.39 is 11.7 Å². The first kappa shape index (κ1) is 17.6. The van der Waals surface area contributed by atoms with E-state index in [1.165, 1.54) is 0 Å². The highest BCUT2D eigenvalue weighted by Gasteiger charge is 2.55. The summed E-state index contributed by atoms with van der Waals surface area (Å²) in [4.78, 5) is 12.0. The Balaban J connectivity index is 2.29. The average molecular weight is 320 g/mol. The third-order valence-electron chi connectivity index (χ3n) is 4.34. The molecule has 1 aliphatic rings. The molecule has 0 radical (unpaired) electrons. The summed E-state index contributed by atoms with van der Waals surface area (Å²) in [5.74, 6) is 0.802. The molecule has 0 spiro atoms. The van der Waals surface area contributed by atoms with Crippen LogP contribution in [0, 0.1) is 0 Å². The van der Waals surface area contributed by atoms with Crippen molar-refractivity contribution < 1.29 is 14.3 Å². The summed E-state index contributed by atoms with van der Waals surface area (Å²) in [5.41, 5.74) is 7.13. The van der Waals surface area contributed by atoms with Crippen LogP contribution in [0.25, 0.3) is 0 Å². The molecule has 1 aliphatic carbocycles. The molecule has 0 aromatic heterocycles. The van der Waals surface area contributed by atoms with Crippen LogP contribution in [0.2, 0.25) is 0 Å². The Kier molecular flexibility index (Phi) is 4.37. The maximum atomic E-state index is 12.0. The maximum absolute atomic E-state index is 12.0. The minimum absolute atomic E-state index is 0.107. The van der Waals surface area contributed by atoms with Crippen LogP contribution in [-0.2, 0) is 10.2 Å². The molecule has 2 rings (SSSR count). The van der Waals surface area contributed by atoms with Crippen molar-refractivity contribution in [2.75, 3.05) is 12.4 Å². The number of anilines is 1. The van der Waals surface area contributed by atoms with Crippen molar-refractivity contribution >= 4 is 11.8 Å². The molecule has 1 saturated carbocycles. The van der Waals surface area contributed by atoms with Crippen molar-refractivity contribution in [1.29, 1.82) is 0 Å². The largest absolute Gasteiger partial charge is 0.496 e. The molecule has 3 N–H and O–H groups in total. The minimum Gasteiger partial charge on any atom is -0.496 e. The van der Waals surface area contributed by atoms with E-state index in [4.69, 9.17) is 15.2 Å². The topological polar surface area (TPSA) is 73.6 Å². The van der Waals surface area contributed by atoms with Gasteiger partial charge >= 0.3 is 6.09 Å². The highest BCUT2D eigenvalue weighted by atomic mass is 16.6. The second kappa shape index (κ2) is 5.71. The standard InChI is InChI=1S/C18H28N2O3/c1-16(2,3)23-15(21)20-12-7-8-14(22-6)13(11-12)18(9-10-18)17(4,5)19/h7-8,11H,9-10,19H2,1-6H3,(H,20,21). The number of rotatable bonds is 4. The van der Waals surface area contributed by atoms with Gasteiger partial charge < -0.3 is 15.2 Å². The lowest BCUT2D eigenvalue weighted by atomic mass is 9.78. The number of nitrogens with one attached hydrogen (secondary N) is 1. The van der Waals surface area contributed by atoms with E-state index in [2.05, 4.69) is 5.32 Å². The van der Waals surface area contributed by atoms with Crippen LogP contribution in [0.15, 0.2) is 18.2 Å². The number of amides is 1. The summed E-state index contributed by atoms with van der Waals surface area (Å²) in [6, 6.07) is 5.63. The van der Waals surface area contributed by atoms with E-state index >= 15 is 0 Å². The van der Waals surface area contributed by atoms with Crippen LogP contribution < -0.4 is 15.8 Å². The summed E-state index contributed by atoms with van der Waals surface area (Å²) in [7, 11) is 1.65. The molecular formula is C18H28N2O3. The molecule has 1 aromatic rings. The molecule has 128 valence electrons. The molecule has 5 heteroatoms. The summed E-state index contributed by atoms with van der Waals surface area (Å²) >= 11 is 0. The van der Waals surface area contributed by atoms with Crippen LogP contribution in [0.3, 0.4) is 0 Å². The molecule has 0 bridgehead atoms. The van der Waals surface area contributed by atoms with E-state index in [-0.39, 0.29) is 11.0 Å². The zero-order valence-corrected chi connectivity index (χ0v) is 14.9. The Bertz CT molecular complexity index is 593. The first-order chi connectivity index (χ1) is 10.5. The molecule has 0 atom stereocenters. The zero-order chi connectivity index (χ0) is 17.5. The van der Waals surface area contributed by atoms with Crippen LogP contribution in [0.4, 0.5) is 10.5 Å². The normalized spacial score (nSPS) is 16.7. The molecule has 1 amide bonds. The number of hydrogen-bond acceptors (Lipinski definition) is 4. The van der Waals surface area contributed by atoms with Crippen molar-refractivity contribution in [2.24, 2.45) is 5.73 Å². The van der Waals surface area contributed by atoms with Crippen molar-refractivity contribution in [3.05, 3.63) is 23.8 Å². The molecular weight excluding hydrogens is 292 g/mol. The lowest BCUT2D eigenvalue weighted by Crippen LogP contribution is -2.45. The van der Waals surface area contributed by atoms with Crippen LogP contribution in [0.1, 0.15) is 53.0 Å². The number of carbonyl (C=O) groups excluding carboxylic acids is 1. The van der Waals surface area contributed by atoms with Gasteiger partial charge in [-0.15, -0.1) is 0 Å². The van der Waals surface area contributed by atoms with Gasteiger partial charge in [-0.1, -0.05) is 0 Å². The van der Waals surface area contributed by atoms with Crippen molar-refractivity contribution in [3.63, 3.8) is 0 Å². The van der Waals surface area contributed by atoms with Gasteiger partial charge in [0.1, 0.15) is 11.4 Å². The first-order valence-electron chi connectivity index (χ1n) is 7.96. The Morgan fingerprint density at radius 1 is 1.22 bits per heavy atom. The monoisotopic (exact) mass is 320 g/mol. The maximum Gasteiger partial charge on any atom is 0.412 e. The summed E-state index contributed by atoms with van der Waals surface area (Å²) < 4.78 is 10.8. The van der Waals surface area contributed by atoms with Gasteiger partial charge in [0.25, 0.3) is 0 Å². The second-order valence-electron chi connectivity index (χ2n) is 7.85. The molecule has 23 heavy (non-hydrogen) atoms. The molecule has 5 nitrogen and oxygen atoms in total. The quantitative estimate of drug-likeness (QED) is 0.884. The van der Waals surface area contributed by atoms with Crippen LogP contribution >= 0.6 is 0 Å². The fourth-order valence-corrected chi connectivity index (χ4v) is 2.97. The molecule has 0 heterocycles. The fourth-order valence-electron chi connectivity index (χ4n) is 2.97. The molecule has 1 fully saturated rings. The smallest absolute Gasteiger partial charge is 0.412 e. The van der Waals surface area contributed by atoms with Gasteiger partial charge in [-0.25, -0.2) is 4.79 Å². The van der Waals surface area contributed by atoms with Gasteiger partial charge in [0, 0.05) is 22.2 Å². The number of nitrogens with two attached hydrogens (primary N) is 1. The first-order valence-corrected chi connectivity index (χ1v) is 7.96. The molecule has 0 unspecified atom stereocenters. The predicted molar refractivity (Wildman–Crippen MR) is 92.0 cm³/mol. The lowest BCUT2D eigenvalue weighted by Gasteiger charge is -2.32. The van der Waals surface area contributed by atoms with Gasteiger partial charge in [-0.2, -0.15) is 0 Å². The van der Waals surface area contributed by atoms with Gasteiger partial charge in [0.15, 0.2) is 0 Å². The van der Waals surface area contributed by atoms with Crippen molar-refractivity contribution in [2.45, 2.75) is 64.0 Å². The highest BCUT2D eigenvalue weighted by Crippen LogP contribution is 2.57.